The second kappa shape index (κ2) is 8.77. The first-order chi connectivity index (χ1) is 12.0. The number of hydrogen-bond acceptors (Lipinski definition) is 3. The third-order valence-corrected chi connectivity index (χ3v) is 4.62. The first-order valence-corrected chi connectivity index (χ1v) is 8.44. The molecule has 0 fully saturated rings. The molecule has 0 radical (unpaired) electrons. The third kappa shape index (κ3) is 4.89. The van der Waals surface area contributed by atoms with E-state index in [0.717, 1.165) is 22.3 Å². The molecule has 25 heavy (non-hydrogen) atoms. The number of benzene rings is 2. The predicted octanol–water partition coefficient (Wildman–Crippen LogP) is 3.72. The Morgan fingerprint density at radius 2 is 1.16 bits per heavy atom. The van der Waals surface area contributed by atoms with Gasteiger partial charge in [-0.05, 0) is 29.2 Å². The van der Waals surface area contributed by atoms with E-state index >= 15 is 0 Å². The first-order valence-electron chi connectivity index (χ1n) is 8.44. The Bertz CT molecular complexity index is 631. The van der Waals surface area contributed by atoms with Crippen LogP contribution in [-0.4, -0.2) is 33.9 Å². The van der Waals surface area contributed by atoms with Gasteiger partial charge in [0, 0.05) is 13.1 Å². The quantitative estimate of drug-likeness (QED) is 0.733. The fraction of sp³-hybridized carbons (Fsp3) is 0.273. The Morgan fingerprint density at radius 1 is 0.800 bits per heavy atom. The summed E-state index contributed by atoms with van der Waals surface area (Å²) >= 11 is 0. The lowest BCUT2D eigenvalue weighted by Crippen LogP contribution is -2.51. The smallest absolute Gasteiger partial charge is 0.0650 e. The van der Waals surface area contributed by atoms with Crippen LogP contribution in [0.3, 0.4) is 0 Å². The molecule has 132 valence electrons. The molecule has 0 saturated carbocycles. The largest absolute Gasteiger partial charge is 0.394 e. The van der Waals surface area contributed by atoms with Crippen LogP contribution in [0.5, 0.6) is 0 Å². The first kappa shape index (κ1) is 19.1. The Labute approximate surface area is 150 Å². The van der Waals surface area contributed by atoms with Gasteiger partial charge >= 0.3 is 0 Å². The molecule has 0 aliphatic carbocycles. The van der Waals surface area contributed by atoms with Crippen LogP contribution in [0.2, 0.25) is 0 Å². The van der Waals surface area contributed by atoms with Gasteiger partial charge in [0.25, 0.3) is 0 Å². The second-order valence-corrected chi connectivity index (χ2v) is 6.56. The fourth-order valence-corrected chi connectivity index (χ4v) is 2.65. The SMILES string of the molecule is C=Cc1ccc(CN(Cc2ccc(C=C)cc2)C(C)(CO)CO)cc1. The summed E-state index contributed by atoms with van der Waals surface area (Å²) in [6.07, 6.45) is 3.63. The number of rotatable bonds is 9. The highest BCUT2D eigenvalue weighted by molar-refractivity contribution is 5.48. The average Bonchev–Trinajstić information content (AvgIpc) is 2.68. The normalized spacial score (nSPS) is 11.5. The Morgan fingerprint density at radius 3 is 1.44 bits per heavy atom. The van der Waals surface area contributed by atoms with Crippen molar-refractivity contribution in [2.45, 2.75) is 25.6 Å². The van der Waals surface area contributed by atoms with Gasteiger partial charge in [0.2, 0.25) is 0 Å². The van der Waals surface area contributed by atoms with E-state index in [0.29, 0.717) is 13.1 Å². The molecule has 2 N–H and O–H groups in total. The van der Waals surface area contributed by atoms with Crippen molar-refractivity contribution in [3.05, 3.63) is 83.9 Å². The Kier molecular flexibility index (Phi) is 6.71. The highest BCUT2D eigenvalue weighted by Crippen LogP contribution is 2.22. The Balaban J connectivity index is 2.24. The average molecular weight is 337 g/mol. The van der Waals surface area contributed by atoms with Gasteiger partial charge in [0.05, 0.1) is 18.8 Å². The molecule has 0 aliphatic rings. The lowest BCUT2D eigenvalue weighted by atomic mass is 9.99. The molecule has 0 spiro atoms. The van der Waals surface area contributed by atoms with Crippen molar-refractivity contribution in [2.75, 3.05) is 13.2 Å². The van der Waals surface area contributed by atoms with E-state index in [4.69, 9.17) is 0 Å². The van der Waals surface area contributed by atoms with E-state index in [1.807, 2.05) is 43.3 Å². The van der Waals surface area contributed by atoms with Crippen LogP contribution in [0.4, 0.5) is 0 Å². The van der Waals surface area contributed by atoms with E-state index in [9.17, 15) is 10.2 Å². The fourth-order valence-electron chi connectivity index (χ4n) is 2.65. The minimum atomic E-state index is -0.700. The van der Waals surface area contributed by atoms with Crippen molar-refractivity contribution in [3.63, 3.8) is 0 Å². The monoisotopic (exact) mass is 337 g/mol. The van der Waals surface area contributed by atoms with E-state index in [1.54, 1.807) is 0 Å². The molecular formula is C22H27NO2. The zero-order valence-electron chi connectivity index (χ0n) is 14.9. The highest BCUT2D eigenvalue weighted by atomic mass is 16.3. The van der Waals surface area contributed by atoms with Crippen molar-refractivity contribution in [1.82, 2.24) is 4.90 Å². The van der Waals surface area contributed by atoms with E-state index in [1.165, 1.54) is 0 Å². The molecule has 2 aromatic rings. The molecule has 0 aromatic heterocycles. The van der Waals surface area contributed by atoms with Crippen molar-refractivity contribution in [2.24, 2.45) is 0 Å². The van der Waals surface area contributed by atoms with Gasteiger partial charge in [0.15, 0.2) is 0 Å². The third-order valence-electron chi connectivity index (χ3n) is 4.62. The summed E-state index contributed by atoms with van der Waals surface area (Å²) in [5.41, 5.74) is 3.70. The van der Waals surface area contributed by atoms with Crippen LogP contribution in [0.25, 0.3) is 12.2 Å². The second-order valence-electron chi connectivity index (χ2n) is 6.56. The van der Waals surface area contributed by atoms with Crippen LogP contribution in [0, 0.1) is 0 Å². The molecule has 3 heteroatoms. The Hall–Kier alpha value is -2.20. The lowest BCUT2D eigenvalue weighted by Gasteiger charge is -2.39. The number of aliphatic hydroxyl groups excluding tert-OH is 2. The molecule has 2 rings (SSSR count). The predicted molar refractivity (Wildman–Crippen MR) is 105 cm³/mol. The molecule has 2 aromatic carbocycles. The zero-order valence-corrected chi connectivity index (χ0v) is 14.9. The summed E-state index contributed by atoms with van der Waals surface area (Å²) < 4.78 is 0. The summed E-state index contributed by atoms with van der Waals surface area (Å²) in [5.74, 6) is 0. The maximum Gasteiger partial charge on any atom is 0.0650 e. The molecule has 0 saturated heterocycles. The summed E-state index contributed by atoms with van der Waals surface area (Å²) in [6.45, 7) is 10.5. The van der Waals surface area contributed by atoms with Gasteiger partial charge in [-0.2, -0.15) is 0 Å². The summed E-state index contributed by atoms with van der Waals surface area (Å²) in [5, 5.41) is 19.7. The molecule has 0 amide bonds. The van der Waals surface area contributed by atoms with Gasteiger partial charge < -0.3 is 10.2 Å². The molecule has 0 bridgehead atoms. The zero-order chi connectivity index (χ0) is 18.3. The lowest BCUT2D eigenvalue weighted by molar-refractivity contribution is -0.0114. The molecular weight excluding hydrogens is 310 g/mol. The number of nitrogens with zero attached hydrogens (tertiary/aromatic N) is 1. The summed E-state index contributed by atoms with van der Waals surface area (Å²) in [7, 11) is 0. The maximum absolute atomic E-state index is 9.85. The summed E-state index contributed by atoms with van der Waals surface area (Å²) in [4.78, 5) is 2.11. The highest BCUT2D eigenvalue weighted by Gasteiger charge is 2.30. The maximum atomic E-state index is 9.85. The van der Waals surface area contributed by atoms with Crippen molar-refractivity contribution >= 4 is 12.2 Å². The number of aliphatic hydroxyl groups is 2. The molecule has 0 atom stereocenters. The van der Waals surface area contributed by atoms with Crippen LogP contribution in [-0.2, 0) is 13.1 Å². The number of hydrogen-bond donors (Lipinski definition) is 2. The van der Waals surface area contributed by atoms with Gasteiger partial charge in [0.1, 0.15) is 0 Å². The molecule has 3 nitrogen and oxygen atoms in total. The van der Waals surface area contributed by atoms with Crippen molar-refractivity contribution < 1.29 is 10.2 Å². The van der Waals surface area contributed by atoms with E-state index < -0.39 is 5.54 Å². The van der Waals surface area contributed by atoms with Crippen molar-refractivity contribution in [1.29, 1.82) is 0 Å². The standard InChI is InChI=1S/C22H27NO2/c1-4-18-6-10-20(11-7-18)14-23(22(3,16-24)17-25)15-21-12-8-19(5-2)9-13-21/h4-13,24-25H,1-2,14-17H2,3H3. The van der Waals surface area contributed by atoms with Gasteiger partial charge in [-0.25, -0.2) is 0 Å². The van der Waals surface area contributed by atoms with Gasteiger partial charge in [-0.1, -0.05) is 73.8 Å². The minimum Gasteiger partial charge on any atom is -0.394 e. The van der Waals surface area contributed by atoms with Crippen LogP contribution in [0.15, 0.2) is 61.7 Å². The van der Waals surface area contributed by atoms with Crippen LogP contribution >= 0.6 is 0 Å². The van der Waals surface area contributed by atoms with E-state index in [2.05, 4.69) is 42.3 Å². The van der Waals surface area contributed by atoms with Crippen LogP contribution < -0.4 is 0 Å². The topological polar surface area (TPSA) is 43.7 Å². The van der Waals surface area contributed by atoms with Crippen LogP contribution in [0.1, 0.15) is 29.2 Å². The molecule has 0 heterocycles. The van der Waals surface area contributed by atoms with Gasteiger partial charge in [-0.15, -0.1) is 0 Å². The minimum absolute atomic E-state index is 0.112. The van der Waals surface area contributed by atoms with Crippen molar-refractivity contribution in [3.8, 4) is 0 Å². The summed E-state index contributed by atoms with van der Waals surface area (Å²) in [6, 6.07) is 16.3. The molecule has 0 unspecified atom stereocenters. The van der Waals surface area contributed by atoms with Gasteiger partial charge in [-0.3, -0.25) is 4.90 Å². The van der Waals surface area contributed by atoms with E-state index in [-0.39, 0.29) is 13.2 Å². The molecule has 0 aliphatic heterocycles.